The lowest BCUT2D eigenvalue weighted by atomic mass is 9.71. The summed E-state index contributed by atoms with van der Waals surface area (Å²) in [7, 11) is 0. The van der Waals surface area contributed by atoms with Crippen LogP contribution in [0, 0.1) is 0 Å². The number of ether oxygens (including phenoxy) is 2. The van der Waals surface area contributed by atoms with Gasteiger partial charge in [0.05, 0.1) is 22.4 Å². The number of aliphatic carboxylic acids is 1. The Hall–Kier alpha value is -5.23. The molecular weight excluding hydrogens is 536 g/mol. The van der Waals surface area contributed by atoms with E-state index < -0.39 is 11.4 Å². The Morgan fingerprint density at radius 2 is 1.07 bits per heavy atom. The van der Waals surface area contributed by atoms with Gasteiger partial charge in [-0.3, -0.25) is 4.79 Å². The minimum Gasteiger partial charge on any atom is -0.487 e. The third-order valence-corrected chi connectivity index (χ3v) is 7.77. The Bertz CT molecular complexity index is 1740. The Kier molecular flexibility index (Phi) is 8.01. The predicted molar refractivity (Wildman–Crippen MR) is 168 cm³/mol. The molecule has 0 radical (unpaired) electrons. The van der Waals surface area contributed by atoms with Crippen molar-refractivity contribution in [1.82, 2.24) is 9.97 Å². The van der Waals surface area contributed by atoms with Crippen molar-refractivity contribution in [3.8, 4) is 11.5 Å². The molecular formula is C37H32N2O4. The minimum atomic E-state index is -1.20. The van der Waals surface area contributed by atoms with E-state index in [1.165, 1.54) is 0 Å². The molecule has 0 fully saturated rings. The van der Waals surface area contributed by atoms with Gasteiger partial charge in [-0.1, -0.05) is 86.1 Å². The van der Waals surface area contributed by atoms with Gasteiger partial charge in [-0.2, -0.15) is 0 Å². The molecule has 0 aliphatic carbocycles. The van der Waals surface area contributed by atoms with E-state index in [9.17, 15) is 9.90 Å². The van der Waals surface area contributed by atoms with Crippen LogP contribution in [0.15, 0.2) is 121 Å². The lowest BCUT2D eigenvalue weighted by Crippen LogP contribution is -2.37. The van der Waals surface area contributed by atoms with Crippen molar-refractivity contribution in [3.63, 3.8) is 0 Å². The van der Waals surface area contributed by atoms with Gasteiger partial charge in [-0.05, 0) is 66.1 Å². The normalized spacial score (nSPS) is 11.5. The van der Waals surface area contributed by atoms with Crippen molar-refractivity contribution >= 4 is 27.8 Å². The number of carbonyl (C=O) groups is 1. The van der Waals surface area contributed by atoms with Gasteiger partial charge in [-0.25, -0.2) is 9.97 Å². The van der Waals surface area contributed by atoms with Crippen LogP contribution in [0.4, 0.5) is 0 Å². The summed E-state index contributed by atoms with van der Waals surface area (Å²) in [4.78, 5) is 22.3. The molecule has 0 amide bonds. The van der Waals surface area contributed by atoms with E-state index in [0.717, 1.165) is 33.2 Å². The largest absolute Gasteiger partial charge is 0.487 e. The molecule has 0 aliphatic rings. The molecule has 0 unspecified atom stereocenters. The minimum absolute atomic E-state index is 0.319. The fourth-order valence-corrected chi connectivity index (χ4v) is 5.55. The average molecular weight is 569 g/mol. The summed E-state index contributed by atoms with van der Waals surface area (Å²) >= 11 is 0. The first kappa shape index (κ1) is 27.9. The molecule has 0 saturated heterocycles. The van der Waals surface area contributed by atoms with Gasteiger partial charge < -0.3 is 14.6 Å². The predicted octanol–water partition coefficient (Wildman–Crippen LogP) is 8.11. The Morgan fingerprint density at radius 1 is 0.628 bits per heavy atom. The van der Waals surface area contributed by atoms with Crippen LogP contribution >= 0.6 is 0 Å². The molecule has 0 saturated carbocycles. The number of nitrogens with zero attached hydrogens (tertiary/aromatic N) is 2. The second kappa shape index (κ2) is 12.3. The van der Waals surface area contributed by atoms with Crippen LogP contribution < -0.4 is 9.47 Å². The number of aromatic nitrogens is 2. The smallest absolute Gasteiger partial charge is 0.318 e. The van der Waals surface area contributed by atoms with Gasteiger partial charge >= 0.3 is 5.97 Å². The van der Waals surface area contributed by atoms with Crippen LogP contribution in [-0.4, -0.2) is 21.0 Å². The molecule has 0 bridgehead atoms. The zero-order chi connectivity index (χ0) is 29.6. The summed E-state index contributed by atoms with van der Waals surface area (Å²) in [5.74, 6) is 0.415. The van der Waals surface area contributed by atoms with E-state index >= 15 is 0 Å². The maximum absolute atomic E-state index is 12.9. The standard InChI is InChI=1S/C37H32N2O4/c1-2-23-37(36(40)41,28-13-19-32(20-14-28)42-24-30-17-11-26-7-3-5-9-34(26)38-30)29-15-21-33(22-16-29)43-25-31-18-12-27-8-4-6-10-35(27)39-31/h3-22H,2,23-25H2,1H3,(H,40,41). The Morgan fingerprint density at radius 3 is 1.49 bits per heavy atom. The third kappa shape index (κ3) is 5.90. The number of hydrogen-bond donors (Lipinski definition) is 1. The van der Waals surface area contributed by atoms with Crippen LogP contribution in [0.1, 0.15) is 42.3 Å². The summed E-state index contributed by atoms with van der Waals surface area (Å²) in [5.41, 5.74) is 3.70. The first-order valence-corrected chi connectivity index (χ1v) is 14.4. The van der Waals surface area contributed by atoms with Gasteiger partial charge in [0, 0.05) is 10.8 Å². The summed E-state index contributed by atoms with van der Waals surface area (Å²) < 4.78 is 12.0. The molecule has 214 valence electrons. The SMILES string of the molecule is CCCC(C(=O)O)(c1ccc(OCc2ccc3ccccc3n2)cc1)c1ccc(OCc2ccc3ccccc3n2)cc1. The van der Waals surface area contributed by atoms with Crippen molar-refractivity contribution in [3.05, 3.63) is 144 Å². The topological polar surface area (TPSA) is 81.5 Å². The highest BCUT2D eigenvalue weighted by molar-refractivity contribution is 5.86. The van der Waals surface area contributed by atoms with Crippen LogP contribution in [0.5, 0.6) is 11.5 Å². The molecule has 6 aromatic rings. The second-order valence-corrected chi connectivity index (χ2v) is 10.6. The second-order valence-electron chi connectivity index (χ2n) is 10.6. The average Bonchev–Trinajstić information content (AvgIpc) is 3.05. The summed E-state index contributed by atoms with van der Waals surface area (Å²) in [5, 5.41) is 12.8. The van der Waals surface area contributed by atoms with Crippen LogP contribution in [0.2, 0.25) is 0 Å². The summed E-state index contributed by atoms with van der Waals surface area (Å²) in [6.45, 7) is 2.64. The van der Waals surface area contributed by atoms with Crippen molar-refractivity contribution < 1.29 is 19.4 Å². The molecule has 4 aromatic carbocycles. The van der Waals surface area contributed by atoms with Gasteiger partial charge in [-0.15, -0.1) is 0 Å². The maximum atomic E-state index is 12.9. The van der Waals surface area contributed by atoms with Crippen LogP contribution in [0.3, 0.4) is 0 Å². The highest BCUT2D eigenvalue weighted by Gasteiger charge is 2.41. The van der Waals surface area contributed by atoms with E-state index in [1.54, 1.807) is 0 Å². The lowest BCUT2D eigenvalue weighted by Gasteiger charge is -2.31. The van der Waals surface area contributed by atoms with E-state index in [0.29, 0.717) is 48.7 Å². The first-order valence-electron chi connectivity index (χ1n) is 14.4. The van der Waals surface area contributed by atoms with Crippen molar-refractivity contribution in [2.45, 2.75) is 38.4 Å². The number of carboxylic acid groups (broad SMARTS) is 1. The number of para-hydroxylation sites is 2. The lowest BCUT2D eigenvalue weighted by molar-refractivity contribution is -0.142. The Labute approximate surface area is 250 Å². The van der Waals surface area contributed by atoms with Gasteiger partial charge in [0.25, 0.3) is 0 Å². The molecule has 0 aliphatic heterocycles. The number of carboxylic acids is 1. The highest BCUT2D eigenvalue weighted by atomic mass is 16.5. The van der Waals surface area contributed by atoms with Crippen molar-refractivity contribution in [2.75, 3.05) is 0 Å². The van der Waals surface area contributed by atoms with Crippen molar-refractivity contribution in [1.29, 1.82) is 0 Å². The molecule has 1 N–H and O–H groups in total. The summed E-state index contributed by atoms with van der Waals surface area (Å²) in [6.07, 6.45) is 1.15. The molecule has 6 nitrogen and oxygen atoms in total. The van der Waals surface area contributed by atoms with E-state index in [2.05, 4.69) is 9.97 Å². The van der Waals surface area contributed by atoms with Crippen LogP contribution in [0.25, 0.3) is 21.8 Å². The van der Waals surface area contributed by atoms with Gasteiger partial charge in [0.15, 0.2) is 0 Å². The fraction of sp³-hybridized carbons (Fsp3) is 0.162. The molecule has 2 heterocycles. The summed E-state index contributed by atoms with van der Waals surface area (Å²) in [6, 6.07) is 38.6. The third-order valence-electron chi connectivity index (χ3n) is 7.77. The highest BCUT2D eigenvalue weighted by Crippen LogP contribution is 2.39. The maximum Gasteiger partial charge on any atom is 0.318 e. The Balaban J connectivity index is 1.18. The zero-order valence-electron chi connectivity index (χ0n) is 23.9. The molecule has 0 spiro atoms. The monoisotopic (exact) mass is 568 g/mol. The molecule has 6 rings (SSSR count). The fourth-order valence-electron chi connectivity index (χ4n) is 5.55. The molecule has 0 atom stereocenters. The zero-order valence-corrected chi connectivity index (χ0v) is 23.9. The molecule has 6 heteroatoms. The van der Waals surface area contributed by atoms with E-state index in [4.69, 9.17) is 9.47 Å². The quantitative estimate of drug-likeness (QED) is 0.170. The number of fused-ring (bicyclic) bond motifs is 2. The number of rotatable bonds is 11. The first-order chi connectivity index (χ1) is 21.0. The van der Waals surface area contributed by atoms with Crippen LogP contribution in [-0.2, 0) is 23.4 Å². The molecule has 43 heavy (non-hydrogen) atoms. The number of benzene rings is 4. The number of hydrogen-bond acceptors (Lipinski definition) is 5. The molecule has 2 aromatic heterocycles. The van der Waals surface area contributed by atoms with E-state index in [1.807, 2.05) is 128 Å². The van der Waals surface area contributed by atoms with Gasteiger partial charge in [0.2, 0.25) is 0 Å². The van der Waals surface area contributed by atoms with E-state index in [-0.39, 0.29) is 0 Å². The van der Waals surface area contributed by atoms with Gasteiger partial charge in [0.1, 0.15) is 30.1 Å². The van der Waals surface area contributed by atoms with Crippen molar-refractivity contribution in [2.24, 2.45) is 0 Å². The number of pyridine rings is 2.